The second kappa shape index (κ2) is 11.3. The predicted octanol–water partition coefficient (Wildman–Crippen LogP) is 3.30. The van der Waals surface area contributed by atoms with Crippen molar-refractivity contribution in [3.63, 3.8) is 0 Å². The van der Waals surface area contributed by atoms with E-state index in [9.17, 15) is 18.0 Å². The molecule has 2 aromatic heterocycles. The molecule has 1 aliphatic heterocycles. The minimum absolute atomic E-state index is 0.0378. The van der Waals surface area contributed by atoms with Crippen LogP contribution in [0.15, 0.2) is 41.6 Å². The summed E-state index contributed by atoms with van der Waals surface area (Å²) in [6.45, 7) is 1.61. The molecule has 3 amide bonds. The van der Waals surface area contributed by atoms with Gasteiger partial charge in [0.2, 0.25) is 5.91 Å². The van der Waals surface area contributed by atoms with Crippen LogP contribution >= 0.6 is 11.3 Å². The van der Waals surface area contributed by atoms with Gasteiger partial charge in [0.1, 0.15) is 0 Å². The van der Waals surface area contributed by atoms with E-state index in [2.05, 4.69) is 20.6 Å². The summed E-state index contributed by atoms with van der Waals surface area (Å²) < 4.78 is 29.7. The van der Waals surface area contributed by atoms with Crippen molar-refractivity contribution >= 4 is 48.5 Å². The lowest BCUT2D eigenvalue weighted by Crippen LogP contribution is -2.39. The Labute approximate surface area is 214 Å². The van der Waals surface area contributed by atoms with Gasteiger partial charge < -0.3 is 15.0 Å². The standard InChI is InChI=1S/C24H29N5O5S2/c1-34-11-8-18-4-3-10-29(18)22(30)7-9-26-23(31)28-24-27-20-6-5-16(13-21(20)35-24)17-12-19(15-25-14-17)36(2,32)33/h5-6,12-15,18H,3-4,7-11H2,1-2H3,(H2,26,27,28,31). The average Bonchev–Trinajstić information content (AvgIpc) is 3.48. The number of hydrogen-bond donors (Lipinski definition) is 2. The molecule has 1 unspecified atom stereocenters. The fourth-order valence-electron chi connectivity index (χ4n) is 4.22. The minimum atomic E-state index is -3.37. The van der Waals surface area contributed by atoms with Crippen LogP contribution in [0.4, 0.5) is 9.93 Å². The molecule has 1 atom stereocenters. The molecule has 1 fully saturated rings. The highest BCUT2D eigenvalue weighted by molar-refractivity contribution is 7.90. The van der Waals surface area contributed by atoms with Gasteiger partial charge in [-0.15, -0.1) is 0 Å². The van der Waals surface area contributed by atoms with Crippen LogP contribution in [0.5, 0.6) is 0 Å². The van der Waals surface area contributed by atoms with Crippen LogP contribution in [0.1, 0.15) is 25.7 Å². The molecule has 4 rings (SSSR count). The molecule has 12 heteroatoms. The normalized spacial score (nSPS) is 15.8. The summed E-state index contributed by atoms with van der Waals surface area (Å²) in [5.41, 5.74) is 2.18. The second-order valence-corrected chi connectivity index (χ2v) is 11.7. The van der Waals surface area contributed by atoms with Crippen LogP contribution in [0.25, 0.3) is 21.3 Å². The van der Waals surface area contributed by atoms with Crippen molar-refractivity contribution in [2.24, 2.45) is 0 Å². The summed E-state index contributed by atoms with van der Waals surface area (Å²) in [6, 6.07) is 6.90. The van der Waals surface area contributed by atoms with Gasteiger partial charge in [-0.25, -0.2) is 18.2 Å². The zero-order valence-corrected chi connectivity index (χ0v) is 21.8. The zero-order chi connectivity index (χ0) is 25.7. The van der Waals surface area contributed by atoms with Crippen molar-refractivity contribution in [3.05, 3.63) is 36.7 Å². The summed E-state index contributed by atoms with van der Waals surface area (Å²) in [6.07, 6.45) is 7.12. The lowest BCUT2D eigenvalue weighted by atomic mass is 10.1. The lowest BCUT2D eigenvalue weighted by molar-refractivity contribution is -0.132. The summed E-state index contributed by atoms with van der Waals surface area (Å²) in [7, 11) is -1.71. The summed E-state index contributed by atoms with van der Waals surface area (Å²) >= 11 is 1.30. The number of amides is 3. The highest BCUT2D eigenvalue weighted by Crippen LogP contribution is 2.31. The van der Waals surface area contributed by atoms with E-state index in [1.807, 2.05) is 23.1 Å². The van der Waals surface area contributed by atoms with Crippen molar-refractivity contribution in [2.45, 2.75) is 36.6 Å². The van der Waals surface area contributed by atoms with Crippen molar-refractivity contribution in [1.82, 2.24) is 20.2 Å². The molecule has 1 aromatic carbocycles. The Hall–Kier alpha value is -3.09. The van der Waals surface area contributed by atoms with Crippen LogP contribution < -0.4 is 10.6 Å². The number of sulfone groups is 1. The van der Waals surface area contributed by atoms with Gasteiger partial charge in [-0.1, -0.05) is 17.4 Å². The van der Waals surface area contributed by atoms with E-state index in [1.54, 1.807) is 19.4 Å². The number of carbonyl (C=O) groups is 2. The van der Waals surface area contributed by atoms with E-state index >= 15 is 0 Å². The number of urea groups is 1. The van der Waals surface area contributed by atoms with Crippen molar-refractivity contribution in [3.8, 4) is 11.1 Å². The smallest absolute Gasteiger partial charge is 0.321 e. The first-order chi connectivity index (χ1) is 17.2. The Balaban J connectivity index is 1.33. The maximum absolute atomic E-state index is 12.6. The Morgan fingerprint density at radius 2 is 2.06 bits per heavy atom. The molecule has 192 valence electrons. The number of hydrogen-bond acceptors (Lipinski definition) is 8. The summed E-state index contributed by atoms with van der Waals surface area (Å²) in [5, 5.41) is 5.87. The van der Waals surface area contributed by atoms with Crippen molar-refractivity contribution in [1.29, 1.82) is 0 Å². The van der Waals surface area contributed by atoms with E-state index in [-0.39, 0.29) is 29.8 Å². The first kappa shape index (κ1) is 26.0. The SMILES string of the molecule is COCCC1CCCN1C(=O)CCNC(=O)Nc1nc2ccc(-c3cncc(S(C)(=O)=O)c3)cc2s1. The Morgan fingerprint density at radius 1 is 1.22 bits per heavy atom. The number of rotatable bonds is 9. The number of carbonyl (C=O) groups excluding carboxylic acids is 2. The van der Waals surface area contributed by atoms with Crippen LogP contribution in [-0.2, 0) is 19.4 Å². The van der Waals surface area contributed by atoms with Crippen LogP contribution in [0.3, 0.4) is 0 Å². The third kappa shape index (κ3) is 6.37. The van der Waals surface area contributed by atoms with Gasteiger partial charge in [0.15, 0.2) is 15.0 Å². The number of fused-ring (bicyclic) bond motifs is 1. The van der Waals surface area contributed by atoms with Gasteiger partial charge in [0.25, 0.3) is 0 Å². The van der Waals surface area contributed by atoms with Gasteiger partial charge in [0, 0.05) is 63.5 Å². The largest absolute Gasteiger partial charge is 0.385 e. The number of likely N-dealkylation sites (tertiary alicyclic amines) is 1. The molecule has 0 radical (unpaired) electrons. The molecule has 0 aliphatic carbocycles. The van der Waals surface area contributed by atoms with Crippen LogP contribution in [-0.4, -0.2) is 74.3 Å². The van der Waals surface area contributed by atoms with Gasteiger partial charge in [0.05, 0.1) is 15.1 Å². The molecule has 3 heterocycles. The second-order valence-electron chi connectivity index (χ2n) is 8.68. The third-order valence-electron chi connectivity index (χ3n) is 6.06. The van der Waals surface area contributed by atoms with E-state index in [4.69, 9.17) is 4.74 Å². The fourth-order valence-corrected chi connectivity index (χ4v) is 5.72. The van der Waals surface area contributed by atoms with Crippen molar-refractivity contribution < 1.29 is 22.7 Å². The number of anilines is 1. The number of thiazole rings is 1. The number of nitrogens with one attached hydrogen (secondary N) is 2. The molecule has 36 heavy (non-hydrogen) atoms. The monoisotopic (exact) mass is 531 g/mol. The molecular weight excluding hydrogens is 502 g/mol. The maximum Gasteiger partial charge on any atom is 0.321 e. The number of benzene rings is 1. The van der Waals surface area contributed by atoms with Crippen LogP contribution in [0.2, 0.25) is 0 Å². The number of nitrogens with zero attached hydrogens (tertiary/aromatic N) is 3. The van der Waals surface area contributed by atoms with E-state index in [1.165, 1.54) is 17.5 Å². The molecule has 1 saturated heterocycles. The highest BCUT2D eigenvalue weighted by atomic mass is 32.2. The molecule has 0 spiro atoms. The molecule has 0 saturated carbocycles. The average molecular weight is 532 g/mol. The van der Waals surface area contributed by atoms with E-state index in [0.29, 0.717) is 22.8 Å². The quantitative estimate of drug-likeness (QED) is 0.433. The molecule has 2 N–H and O–H groups in total. The Kier molecular flexibility index (Phi) is 8.17. The molecule has 1 aliphatic rings. The van der Waals surface area contributed by atoms with Gasteiger partial charge >= 0.3 is 6.03 Å². The summed E-state index contributed by atoms with van der Waals surface area (Å²) in [4.78, 5) is 35.4. The highest BCUT2D eigenvalue weighted by Gasteiger charge is 2.27. The Bertz CT molecular complexity index is 1360. The third-order valence-corrected chi connectivity index (χ3v) is 8.07. The van der Waals surface area contributed by atoms with E-state index in [0.717, 1.165) is 42.3 Å². The maximum atomic E-state index is 12.6. The molecular formula is C24H29N5O5S2. The number of methoxy groups -OCH3 is 1. The number of ether oxygens (including phenoxy) is 1. The number of pyridine rings is 1. The van der Waals surface area contributed by atoms with Gasteiger partial charge in [-0.2, -0.15) is 0 Å². The summed E-state index contributed by atoms with van der Waals surface area (Å²) in [5.74, 6) is 0.0378. The van der Waals surface area contributed by atoms with Gasteiger partial charge in [-0.3, -0.25) is 15.1 Å². The van der Waals surface area contributed by atoms with Gasteiger partial charge in [-0.05, 0) is 43.0 Å². The van der Waals surface area contributed by atoms with Crippen LogP contribution in [0, 0.1) is 0 Å². The fraction of sp³-hybridized carbons (Fsp3) is 0.417. The molecule has 10 nitrogen and oxygen atoms in total. The lowest BCUT2D eigenvalue weighted by Gasteiger charge is -2.24. The molecule has 0 bridgehead atoms. The Morgan fingerprint density at radius 3 is 2.83 bits per heavy atom. The number of aromatic nitrogens is 2. The molecule has 3 aromatic rings. The predicted molar refractivity (Wildman–Crippen MR) is 139 cm³/mol. The minimum Gasteiger partial charge on any atom is -0.385 e. The topological polar surface area (TPSA) is 131 Å². The van der Waals surface area contributed by atoms with Crippen molar-refractivity contribution in [2.75, 3.05) is 38.4 Å². The first-order valence-corrected chi connectivity index (χ1v) is 14.3. The van der Waals surface area contributed by atoms with E-state index < -0.39 is 15.9 Å². The zero-order valence-electron chi connectivity index (χ0n) is 20.2. The first-order valence-electron chi connectivity index (χ1n) is 11.6.